The zero-order chi connectivity index (χ0) is 35.0. The average Bonchev–Trinajstić information content (AvgIpc) is 3.53. The molecule has 0 spiro atoms. The van der Waals surface area contributed by atoms with Crippen LogP contribution in [-0.4, -0.2) is 59.2 Å². The SMILES string of the molecule is CCC(=O)NCCNC(=O)NC(N)=NCCC[C@@H](CCC(=O)[C@@H](c1ccccc1)N1Cc2ccccc2C1)C(=O)NCc1ccc(O)cc1. The third-order valence-corrected chi connectivity index (χ3v) is 8.45. The molecule has 4 rings (SSSR count). The molecule has 2 atom stereocenters. The summed E-state index contributed by atoms with van der Waals surface area (Å²) in [6.45, 7) is 4.20. The maximum absolute atomic E-state index is 14.0. The molecule has 0 fully saturated rings. The highest BCUT2D eigenvalue weighted by molar-refractivity contribution is 5.95. The summed E-state index contributed by atoms with van der Waals surface area (Å²) in [5.41, 5.74) is 10.1. The van der Waals surface area contributed by atoms with Crippen molar-refractivity contribution in [1.29, 1.82) is 0 Å². The van der Waals surface area contributed by atoms with E-state index in [4.69, 9.17) is 5.73 Å². The topological polar surface area (TPSA) is 178 Å². The Morgan fingerprint density at radius 3 is 2.18 bits per heavy atom. The number of nitrogens with one attached hydrogen (secondary N) is 4. The van der Waals surface area contributed by atoms with Crippen molar-refractivity contribution < 1.29 is 24.3 Å². The second-order valence-corrected chi connectivity index (χ2v) is 12.1. The first-order valence-electron chi connectivity index (χ1n) is 16.8. The van der Waals surface area contributed by atoms with E-state index in [1.54, 1.807) is 31.2 Å². The number of benzene rings is 3. The van der Waals surface area contributed by atoms with Crippen LogP contribution in [0.25, 0.3) is 0 Å². The van der Waals surface area contributed by atoms with Gasteiger partial charge in [-0.2, -0.15) is 0 Å². The number of rotatable bonds is 17. The molecule has 49 heavy (non-hydrogen) atoms. The number of Topliss-reactive ketones (excluding diaryl/α,β-unsaturated/α-hetero) is 1. The van der Waals surface area contributed by atoms with Crippen LogP contribution in [0.2, 0.25) is 0 Å². The number of hydrogen-bond donors (Lipinski definition) is 6. The summed E-state index contributed by atoms with van der Waals surface area (Å²) < 4.78 is 0. The van der Waals surface area contributed by atoms with Crippen LogP contribution >= 0.6 is 0 Å². The summed E-state index contributed by atoms with van der Waals surface area (Å²) >= 11 is 0. The lowest BCUT2D eigenvalue weighted by Crippen LogP contribution is -2.45. The Labute approximate surface area is 287 Å². The maximum atomic E-state index is 14.0. The molecule has 0 saturated carbocycles. The molecule has 0 radical (unpaired) electrons. The molecule has 0 bridgehead atoms. The number of urea groups is 1. The third kappa shape index (κ3) is 11.8. The van der Waals surface area contributed by atoms with Gasteiger partial charge in [0.1, 0.15) is 5.75 Å². The van der Waals surface area contributed by atoms with Crippen molar-refractivity contribution in [2.45, 2.75) is 64.7 Å². The first-order chi connectivity index (χ1) is 23.7. The van der Waals surface area contributed by atoms with E-state index in [0.717, 1.165) is 11.1 Å². The number of fused-ring (bicyclic) bond motifs is 1. The Bertz CT molecular complexity index is 1550. The molecule has 12 heteroatoms. The quantitative estimate of drug-likeness (QED) is 0.0722. The van der Waals surface area contributed by atoms with E-state index < -0.39 is 18.0 Å². The van der Waals surface area contributed by atoms with Gasteiger partial charge in [0.15, 0.2) is 11.7 Å². The molecule has 0 aliphatic carbocycles. The largest absolute Gasteiger partial charge is 0.508 e. The second kappa shape index (κ2) is 18.9. The molecule has 0 unspecified atom stereocenters. The number of ketones is 1. The number of guanidine groups is 1. The molecule has 1 aliphatic rings. The van der Waals surface area contributed by atoms with Gasteiger partial charge in [0, 0.05) is 58.0 Å². The van der Waals surface area contributed by atoms with E-state index in [9.17, 15) is 24.3 Å². The molecule has 0 aromatic heterocycles. The molecular weight excluding hydrogens is 622 g/mol. The van der Waals surface area contributed by atoms with Gasteiger partial charge in [0.25, 0.3) is 0 Å². The predicted octanol–water partition coefficient (Wildman–Crippen LogP) is 3.65. The van der Waals surface area contributed by atoms with Crippen molar-refractivity contribution in [3.8, 4) is 5.75 Å². The van der Waals surface area contributed by atoms with E-state index in [0.29, 0.717) is 45.3 Å². The maximum Gasteiger partial charge on any atom is 0.321 e. The van der Waals surface area contributed by atoms with E-state index in [1.165, 1.54) is 11.1 Å². The number of nitrogens with zero attached hydrogens (tertiary/aromatic N) is 2. The van der Waals surface area contributed by atoms with E-state index in [1.807, 2.05) is 42.5 Å². The molecule has 3 aromatic carbocycles. The molecular formula is C37H47N7O5. The Morgan fingerprint density at radius 1 is 0.857 bits per heavy atom. The smallest absolute Gasteiger partial charge is 0.321 e. The molecule has 4 amide bonds. The normalized spacial score (nSPS) is 13.9. The van der Waals surface area contributed by atoms with Gasteiger partial charge in [-0.25, -0.2) is 4.79 Å². The Balaban J connectivity index is 1.35. The van der Waals surface area contributed by atoms with Crippen LogP contribution in [0.1, 0.15) is 67.3 Å². The number of nitrogens with two attached hydrogens (primary N) is 1. The van der Waals surface area contributed by atoms with Crippen molar-refractivity contribution in [3.05, 3.63) is 101 Å². The number of phenols is 1. The number of phenolic OH excluding ortho intramolecular Hbond substituents is 1. The minimum absolute atomic E-state index is 0.0575. The predicted molar refractivity (Wildman–Crippen MR) is 188 cm³/mol. The highest BCUT2D eigenvalue weighted by atomic mass is 16.3. The lowest BCUT2D eigenvalue weighted by atomic mass is 9.91. The van der Waals surface area contributed by atoms with Crippen molar-refractivity contribution in [3.63, 3.8) is 0 Å². The summed E-state index contributed by atoms with van der Waals surface area (Å²) in [5.74, 6) is -0.589. The zero-order valence-electron chi connectivity index (χ0n) is 28.0. The third-order valence-electron chi connectivity index (χ3n) is 8.45. The van der Waals surface area contributed by atoms with Gasteiger partial charge < -0.3 is 26.8 Å². The van der Waals surface area contributed by atoms with E-state index >= 15 is 0 Å². The number of aliphatic imine (C=N–C) groups is 1. The van der Waals surface area contributed by atoms with Gasteiger partial charge in [-0.3, -0.25) is 29.6 Å². The molecule has 0 saturated heterocycles. The molecule has 1 aliphatic heterocycles. The Morgan fingerprint density at radius 2 is 1.51 bits per heavy atom. The first-order valence-corrected chi connectivity index (χ1v) is 16.8. The van der Waals surface area contributed by atoms with Crippen LogP contribution in [0, 0.1) is 5.92 Å². The number of aromatic hydroxyl groups is 1. The van der Waals surface area contributed by atoms with Crippen LogP contribution in [0.3, 0.4) is 0 Å². The Kier molecular flexibility index (Phi) is 14.1. The first kappa shape index (κ1) is 36.6. The molecule has 7 N–H and O–H groups in total. The summed E-state index contributed by atoms with van der Waals surface area (Å²) in [7, 11) is 0. The van der Waals surface area contributed by atoms with Gasteiger partial charge in [0.05, 0.1) is 6.04 Å². The average molecular weight is 670 g/mol. The van der Waals surface area contributed by atoms with Crippen molar-refractivity contribution >= 4 is 29.6 Å². The standard InChI is InChI=1S/C37H47N7O5/c1-2-33(47)39-21-22-41-37(49)43-36(38)40-20-8-13-28(35(48)42-23-26-14-17-31(45)18-15-26)16-19-32(46)34(27-9-4-3-5-10-27)44-24-29-11-6-7-12-30(29)25-44/h3-7,9-12,14-15,17-18,28,34,45H,2,8,13,16,19-25H2,1H3,(H,39,47)(H,42,48)(H4,38,40,41,43,49)/t28-,34+/m0/s1. The number of hydrogen-bond acceptors (Lipinski definition) is 7. The van der Waals surface area contributed by atoms with Gasteiger partial charge in [-0.05, 0) is 53.6 Å². The fraction of sp³-hybridized carbons (Fsp3) is 0.378. The summed E-state index contributed by atoms with van der Waals surface area (Å²) in [5, 5.41) is 20.3. The number of carbonyl (C=O) groups excluding carboxylic acids is 4. The summed E-state index contributed by atoms with van der Waals surface area (Å²) in [6.07, 6.45) is 1.90. The lowest BCUT2D eigenvalue weighted by molar-refractivity contribution is -0.127. The molecule has 12 nitrogen and oxygen atoms in total. The lowest BCUT2D eigenvalue weighted by Gasteiger charge is -2.27. The fourth-order valence-electron chi connectivity index (χ4n) is 5.82. The highest BCUT2D eigenvalue weighted by Crippen LogP contribution is 2.33. The van der Waals surface area contributed by atoms with Crippen molar-refractivity contribution in [1.82, 2.24) is 26.2 Å². The second-order valence-electron chi connectivity index (χ2n) is 12.1. The minimum Gasteiger partial charge on any atom is -0.508 e. The molecule has 3 aromatic rings. The van der Waals surface area contributed by atoms with Gasteiger partial charge >= 0.3 is 6.03 Å². The zero-order valence-corrected chi connectivity index (χ0v) is 28.0. The summed E-state index contributed by atoms with van der Waals surface area (Å²) in [6, 6.07) is 23.7. The van der Waals surface area contributed by atoms with Crippen molar-refractivity contribution in [2.75, 3.05) is 19.6 Å². The van der Waals surface area contributed by atoms with Crippen LogP contribution in [0.4, 0.5) is 4.79 Å². The fourth-order valence-corrected chi connectivity index (χ4v) is 5.82. The van der Waals surface area contributed by atoms with Crippen LogP contribution in [-0.2, 0) is 34.0 Å². The summed E-state index contributed by atoms with van der Waals surface area (Å²) in [4.78, 5) is 57.3. The number of amides is 4. The highest BCUT2D eigenvalue weighted by Gasteiger charge is 2.32. The monoisotopic (exact) mass is 669 g/mol. The van der Waals surface area contributed by atoms with Gasteiger partial charge in [0.2, 0.25) is 11.8 Å². The van der Waals surface area contributed by atoms with Gasteiger partial charge in [-0.15, -0.1) is 0 Å². The van der Waals surface area contributed by atoms with Crippen LogP contribution in [0.5, 0.6) is 5.75 Å². The van der Waals surface area contributed by atoms with Gasteiger partial charge in [-0.1, -0.05) is 73.7 Å². The van der Waals surface area contributed by atoms with Crippen molar-refractivity contribution in [2.24, 2.45) is 16.6 Å². The molecule has 260 valence electrons. The van der Waals surface area contributed by atoms with Crippen LogP contribution in [0.15, 0.2) is 83.9 Å². The Hall–Kier alpha value is -5.23. The number of carbonyl (C=O) groups is 4. The minimum atomic E-state index is -0.536. The van der Waals surface area contributed by atoms with Crippen LogP contribution < -0.4 is 27.0 Å². The van der Waals surface area contributed by atoms with E-state index in [2.05, 4.69) is 43.3 Å². The van der Waals surface area contributed by atoms with E-state index in [-0.39, 0.29) is 55.4 Å². The molecule has 1 heterocycles.